The molecule has 0 bridgehead atoms. The molecule has 1 saturated carbocycles. The molecule has 0 aromatic heterocycles. The lowest BCUT2D eigenvalue weighted by Gasteiger charge is -2.32. The van der Waals surface area contributed by atoms with Crippen molar-refractivity contribution < 1.29 is 9.84 Å². The summed E-state index contributed by atoms with van der Waals surface area (Å²) < 4.78 is 5.25. The lowest BCUT2D eigenvalue weighted by Crippen LogP contribution is -2.39. The van der Waals surface area contributed by atoms with E-state index in [9.17, 15) is 5.11 Å². The minimum absolute atomic E-state index is 0.0365. The lowest BCUT2D eigenvalue weighted by molar-refractivity contribution is 0.330. The van der Waals surface area contributed by atoms with Crippen LogP contribution in [0.3, 0.4) is 0 Å². The molecule has 1 fully saturated rings. The SMILES string of the molecule is COc1cc(-c2ccc3c(c2)C(NC2CCC(N)CC2)C=CN3)cc(Cl)c1O. The van der Waals surface area contributed by atoms with Crippen LogP contribution in [0.15, 0.2) is 42.6 Å². The van der Waals surface area contributed by atoms with Gasteiger partial charge in [0.1, 0.15) is 0 Å². The van der Waals surface area contributed by atoms with Crippen molar-refractivity contribution in [1.82, 2.24) is 5.32 Å². The summed E-state index contributed by atoms with van der Waals surface area (Å²) in [4.78, 5) is 0. The summed E-state index contributed by atoms with van der Waals surface area (Å²) in [6.45, 7) is 0. The average molecular weight is 400 g/mol. The van der Waals surface area contributed by atoms with Crippen molar-refractivity contribution in [2.45, 2.75) is 43.8 Å². The highest BCUT2D eigenvalue weighted by atomic mass is 35.5. The van der Waals surface area contributed by atoms with Crippen molar-refractivity contribution in [3.8, 4) is 22.6 Å². The summed E-state index contributed by atoms with van der Waals surface area (Å²) in [5, 5.41) is 17.4. The standard InChI is InChI=1S/C22H26ClN3O2/c1-28-21-12-14(11-18(23)22(21)27)13-2-7-19-17(10-13)20(8-9-25-19)26-16-5-3-15(24)4-6-16/h2,7-12,15-16,20,25-27H,3-6,24H2,1H3. The van der Waals surface area contributed by atoms with Gasteiger partial charge in [-0.15, -0.1) is 0 Å². The number of nitrogens with two attached hydrogens (primary N) is 1. The van der Waals surface area contributed by atoms with Crippen molar-refractivity contribution in [3.63, 3.8) is 0 Å². The van der Waals surface area contributed by atoms with Gasteiger partial charge in [0.05, 0.1) is 18.2 Å². The topological polar surface area (TPSA) is 79.5 Å². The molecule has 2 aromatic rings. The maximum Gasteiger partial charge on any atom is 0.176 e. The summed E-state index contributed by atoms with van der Waals surface area (Å²) in [5.74, 6) is 0.331. The monoisotopic (exact) mass is 399 g/mol. The molecule has 0 radical (unpaired) electrons. The molecule has 4 rings (SSSR count). The molecule has 0 amide bonds. The minimum Gasteiger partial charge on any atom is -0.503 e. The van der Waals surface area contributed by atoms with E-state index in [-0.39, 0.29) is 16.8 Å². The van der Waals surface area contributed by atoms with Gasteiger partial charge in [-0.25, -0.2) is 0 Å². The Balaban J connectivity index is 1.63. The van der Waals surface area contributed by atoms with Crippen LogP contribution in [0.1, 0.15) is 37.3 Å². The Morgan fingerprint density at radius 3 is 2.68 bits per heavy atom. The number of ether oxygens (including phenoxy) is 1. The number of nitrogens with one attached hydrogen (secondary N) is 2. The maximum absolute atomic E-state index is 10.0. The third-order valence-corrected chi connectivity index (χ3v) is 5.97. The van der Waals surface area contributed by atoms with Crippen LogP contribution in [-0.2, 0) is 0 Å². The van der Waals surface area contributed by atoms with Crippen LogP contribution in [0.2, 0.25) is 5.02 Å². The Hall–Kier alpha value is -2.21. The Morgan fingerprint density at radius 2 is 1.93 bits per heavy atom. The Bertz CT molecular complexity index is 892. The van der Waals surface area contributed by atoms with Gasteiger partial charge in [0.15, 0.2) is 11.5 Å². The fourth-order valence-electron chi connectivity index (χ4n) is 4.05. The lowest BCUT2D eigenvalue weighted by atomic mass is 9.89. The molecule has 5 N–H and O–H groups in total. The predicted octanol–water partition coefficient (Wildman–Crippen LogP) is 4.56. The average Bonchev–Trinajstić information content (AvgIpc) is 2.71. The van der Waals surface area contributed by atoms with Gasteiger partial charge in [0.2, 0.25) is 0 Å². The smallest absolute Gasteiger partial charge is 0.176 e. The molecule has 1 heterocycles. The molecule has 1 atom stereocenters. The van der Waals surface area contributed by atoms with Crippen LogP contribution >= 0.6 is 11.6 Å². The first-order valence-electron chi connectivity index (χ1n) is 9.71. The van der Waals surface area contributed by atoms with Gasteiger partial charge < -0.3 is 26.2 Å². The molecular formula is C22H26ClN3O2. The second-order valence-corrected chi connectivity index (χ2v) is 7.98. The Morgan fingerprint density at radius 1 is 1.14 bits per heavy atom. The first-order chi connectivity index (χ1) is 13.5. The molecule has 0 spiro atoms. The first-order valence-corrected chi connectivity index (χ1v) is 10.1. The van der Waals surface area contributed by atoms with Crippen LogP contribution < -0.4 is 21.1 Å². The molecule has 1 aliphatic heterocycles. The molecule has 1 aliphatic carbocycles. The van der Waals surface area contributed by atoms with Gasteiger partial charge in [-0.2, -0.15) is 0 Å². The molecule has 5 nitrogen and oxygen atoms in total. The fraction of sp³-hybridized carbons (Fsp3) is 0.364. The number of aromatic hydroxyl groups is 1. The van der Waals surface area contributed by atoms with E-state index in [1.54, 1.807) is 12.1 Å². The predicted molar refractivity (Wildman–Crippen MR) is 114 cm³/mol. The molecule has 1 unspecified atom stereocenters. The van der Waals surface area contributed by atoms with Gasteiger partial charge in [0.25, 0.3) is 0 Å². The van der Waals surface area contributed by atoms with Gasteiger partial charge in [0, 0.05) is 17.8 Å². The first kappa shape index (κ1) is 19.1. The molecule has 28 heavy (non-hydrogen) atoms. The van der Waals surface area contributed by atoms with E-state index in [0.29, 0.717) is 17.8 Å². The molecule has 148 valence electrons. The zero-order chi connectivity index (χ0) is 19.7. The fourth-order valence-corrected chi connectivity index (χ4v) is 4.26. The van der Waals surface area contributed by atoms with Gasteiger partial charge in [-0.3, -0.25) is 0 Å². The third kappa shape index (κ3) is 3.83. The highest BCUT2D eigenvalue weighted by molar-refractivity contribution is 6.32. The summed E-state index contributed by atoms with van der Waals surface area (Å²) in [6.07, 6.45) is 8.52. The second-order valence-electron chi connectivity index (χ2n) is 7.57. The summed E-state index contributed by atoms with van der Waals surface area (Å²) in [6, 6.07) is 10.8. The number of hydrogen-bond acceptors (Lipinski definition) is 5. The van der Waals surface area contributed by atoms with Gasteiger partial charge in [-0.05, 0) is 78.9 Å². The van der Waals surface area contributed by atoms with E-state index in [1.807, 2.05) is 12.3 Å². The number of hydrogen-bond donors (Lipinski definition) is 4. The number of benzene rings is 2. The summed E-state index contributed by atoms with van der Waals surface area (Å²) in [5.41, 5.74) is 10.3. The summed E-state index contributed by atoms with van der Waals surface area (Å²) in [7, 11) is 1.52. The highest BCUT2D eigenvalue weighted by Crippen LogP contribution is 2.40. The quantitative estimate of drug-likeness (QED) is 0.606. The van der Waals surface area contributed by atoms with Crippen LogP contribution in [0.5, 0.6) is 11.5 Å². The van der Waals surface area contributed by atoms with E-state index in [2.05, 4.69) is 28.8 Å². The third-order valence-electron chi connectivity index (χ3n) is 5.68. The normalized spacial score (nSPS) is 23.8. The maximum atomic E-state index is 10.0. The number of fused-ring (bicyclic) bond motifs is 1. The van der Waals surface area contributed by atoms with E-state index < -0.39 is 0 Å². The number of anilines is 1. The zero-order valence-corrected chi connectivity index (χ0v) is 16.7. The number of rotatable bonds is 4. The molecule has 2 aromatic carbocycles. The molecule has 0 saturated heterocycles. The summed E-state index contributed by atoms with van der Waals surface area (Å²) >= 11 is 6.18. The van der Waals surface area contributed by atoms with Crippen LogP contribution in [-0.4, -0.2) is 24.3 Å². The van der Waals surface area contributed by atoms with E-state index in [4.69, 9.17) is 22.1 Å². The molecular weight excluding hydrogens is 374 g/mol. The van der Waals surface area contributed by atoms with Crippen molar-refractivity contribution in [3.05, 3.63) is 53.2 Å². The number of methoxy groups -OCH3 is 1. The van der Waals surface area contributed by atoms with E-state index in [0.717, 1.165) is 42.5 Å². The zero-order valence-electron chi connectivity index (χ0n) is 15.9. The van der Waals surface area contributed by atoms with Crippen LogP contribution in [0, 0.1) is 0 Å². The van der Waals surface area contributed by atoms with Crippen molar-refractivity contribution >= 4 is 17.3 Å². The minimum atomic E-state index is -0.0365. The van der Waals surface area contributed by atoms with Crippen LogP contribution in [0.25, 0.3) is 11.1 Å². The van der Waals surface area contributed by atoms with E-state index in [1.165, 1.54) is 12.7 Å². The number of phenolic OH excluding ortho intramolecular Hbond substituents is 1. The number of halogens is 1. The van der Waals surface area contributed by atoms with E-state index >= 15 is 0 Å². The Kier molecular flexibility index (Phi) is 5.49. The second kappa shape index (κ2) is 8.03. The Labute approximate surface area is 170 Å². The number of phenols is 1. The molecule has 2 aliphatic rings. The van der Waals surface area contributed by atoms with Crippen molar-refractivity contribution in [2.24, 2.45) is 5.73 Å². The highest BCUT2D eigenvalue weighted by Gasteiger charge is 2.24. The van der Waals surface area contributed by atoms with Gasteiger partial charge >= 0.3 is 0 Å². The molecule has 6 heteroatoms. The van der Waals surface area contributed by atoms with Crippen molar-refractivity contribution in [2.75, 3.05) is 12.4 Å². The van der Waals surface area contributed by atoms with Crippen LogP contribution in [0.4, 0.5) is 5.69 Å². The largest absolute Gasteiger partial charge is 0.503 e. The van der Waals surface area contributed by atoms with Gasteiger partial charge in [-0.1, -0.05) is 17.7 Å². The van der Waals surface area contributed by atoms with Crippen molar-refractivity contribution in [1.29, 1.82) is 0 Å².